The quantitative estimate of drug-likeness (QED) is 0.664. The summed E-state index contributed by atoms with van der Waals surface area (Å²) in [7, 11) is 1.30. The van der Waals surface area contributed by atoms with Crippen LogP contribution in [0.5, 0.6) is 0 Å². The Labute approximate surface area is 139 Å². The Balaban J connectivity index is 2.09. The van der Waals surface area contributed by atoms with Gasteiger partial charge in [0, 0.05) is 16.9 Å². The van der Waals surface area contributed by atoms with Gasteiger partial charge in [-0.2, -0.15) is 0 Å². The van der Waals surface area contributed by atoms with E-state index in [2.05, 4.69) is 15.4 Å². The molecule has 2 rings (SSSR count). The van der Waals surface area contributed by atoms with E-state index in [1.54, 1.807) is 42.5 Å². The van der Waals surface area contributed by atoms with Gasteiger partial charge < -0.3 is 15.4 Å². The van der Waals surface area contributed by atoms with Crippen LogP contribution in [0.1, 0.15) is 33.2 Å². The van der Waals surface area contributed by atoms with Crippen molar-refractivity contribution in [1.82, 2.24) is 0 Å². The highest BCUT2D eigenvalue weighted by molar-refractivity contribution is 6.02. The standard InChI is InChI=1S/C18H18N2O4/c1-11-4-5-14(17(22)24-3)10-16(11)20-18(23)19-15-8-6-13(7-9-15)12(2)21/h4-10H,1-3H3,(H2,19,20,23). The summed E-state index contributed by atoms with van der Waals surface area (Å²) in [5.41, 5.74) is 2.80. The first-order valence-corrected chi connectivity index (χ1v) is 7.28. The molecule has 0 unspecified atom stereocenters. The molecule has 2 N–H and O–H groups in total. The fourth-order valence-electron chi connectivity index (χ4n) is 2.07. The maximum Gasteiger partial charge on any atom is 0.337 e. The summed E-state index contributed by atoms with van der Waals surface area (Å²) in [6.45, 7) is 3.30. The predicted octanol–water partition coefficient (Wildman–Crippen LogP) is 3.63. The topological polar surface area (TPSA) is 84.5 Å². The Bertz CT molecular complexity index is 782. The zero-order valence-corrected chi connectivity index (χ0v) is 13.7. The van der Waals surface area contributed by atoms with Gasteiger partial charge in [-0.25, -0.2) is 9.59 Å². The van der Waals surface area contributed by atoms with Crippen molar-refractivity contribution < 1.29 is 19.1 Å². The number of benzene rings is 2. The number of ether oxygens (including phenoxy) is 1. The first-order chi connectivity index (χ1) is 11.4. The number of amides is 2. The van der Waals surface area contributed by atoms with Gasteiger partial charge in [-0.15, -0.1) is 0 Å². The van der Waals surface area contributed by atoms with E-state index in [1.165, 1.54) is 14.0 Å². The molecule has 2 aromatic carbocycles. The van der Waals surface area contributed by atoms with Crippen LogP contribution in [0.25, 0.3) is 0 Å². The molecule has 2 amide bonds. The molecule has 0 aliphatic rings. The molecule has 0 aliphatic heterocycles. The van der Waals surface area contributed by atoms with Crippen LogP contribution in [0, 0.1) is 6.92 Å². The van der Waals surface area contributed by atoms with E-state index in [4.69, 9.17) is 0 Å². The highest BCUT2D eigenvalue weighted by Gasteiger charge is 2.10. The molecule has 0 spiro atoms. The fourth-order valence-corrected chi connectivity index (χ4v) is 2.07. The molecule has 0 heterocycles. The smallest absolute Gasteiger partial charge is 0.337 e. The number of rotatable bonds is 4. The lowest BCUT2D eigenvalue weighted by molar-refractivity contribution is 0.0600. The van der Waals surface area contributed by atoms with Gasteiger partial charge in [0.2, 0.25) is 0 Å². The molecule has 0 radical (unpaired) electrons. The summed E-state index contributed by atoms with van der Waals surface area (Å²) in [5, 5.41) is 5.36. The maximum atomic E-state index is 12.1. The van der Waals surface area contributed by atoms with Crippen LogP contribution in [0.4, 0.5) is 16.2 Å². The zero-order valence-electron chi connectivity index (χ0n) is 13.7. The first-order valence-electron chi connectivity index (χ1n) is 7.28. The number of aryl methyl sites for hydroxylation is 1. The highest BCUT2D eigenvalue weighted by Crippen LogP contribution is 2.18. The van der Waals surface area contributed by atoms with Crippen molar-refractivity contribution in [2.24, 2.45) is 0 Å². The number of esters is 1. The lowest BCUT2D eigenvalue weighted by Gasteiger charge is -2.11. The van der Waals surface area contributed by atoms with Gasteiger partial charge in [-0.1, -0.05) is 6.07 Å². The van der Waals surface area contributed by atoms with Crippen molar-refractivity contribution in [3.05, 3.63) is 59.2 Å². The average Bonchev–Trinajstić information content (AvgIpc) is 2.56. The number of Topliss-reactive ketones (excluding diaryl/α,β-unsaturated/α-hetero) is 1. The number of hydrogen-bond acceptors (Lipinski definition) is 4. The molecule has 124 valence electrons. The second-order valence-corrected chi connectivity index (χ2v) is 5.23. The minimum Gasteiger partial charge on any atom is -0.465 e. The van der Waals surface area contributed by atoms with E-state index in [9.17, 15) is 14.4 Å². The number of ketones is 1. The van der Waals surface area contributed by atoms with Crippen LogP contribution in [0.15, 0.2) is 42.5 Å². The van der Waals surface area contributed by atoms with Gasteiger partial charge in [-0.05, 0) is 55.8 Å². The number of hydrogen-bond donors (Lipinski definition) is 2. The van der Waals surface area contributed by atoms with Crippen molar-refractivity contribution in [2.75, 3.05) is 17.7 Å². The lowest BCUT2D eigenvalue weighted by atomic mass is 10.1. The monoisotopic (exact) mass is 326 g/mol. The van der Waals surface area contributed by atoms with E-state index in [-0.39, 0.29) is 5.78 Å². The molecule has 0 aromatic heterocycles. The van der Waals surface area contributed by atoms with E-state index in [0.717, 1.165) is 5.56 Å². The molecule has 0 saturated carbocycles. The van der Waals surface area contributed by atoms with Crippen LogP contribution in [-0.2, 0) is 4.74 Å². The number of urea groups is 1. The Kier molecular flexibility index (Phi) is 5.31. The van der Waals surface area contributed by atoms with Crippen LogP contribution in [0.3, 0.4) is 0 Å². The molecule has 0 aliphatic carbocycles. The molecule has 0 bridgehead atoms. The lowest BCUT2D eigenvalue weighted by Crippen LogP contribution is -2.20. The second-order valence-electron chi connectivity index (χ2n) is 5.23. The molecule has 6 nitrogen and oxygen atoms in total. The SMILES string of the molecule is COC(=O)c1ccc(C)c(NC(=O)Nc2ccc(C(C)=O)cc2)c1. The maximum absolute atomic E-state index is 12.1. The first kappa shape index (κ1) is 17.2. The van der Waals surface area contributed by atoms with Gasteiger partial charge in [0.1, 0.15) is 0 Å². The number of carbonyl (C=O) groups is 3. The van der Waals surface area contributed by atoms with Gasteiger partial charge in [0.25, 0.3) is 0 Å². The number of anilines is 2. The van der Waals surface area contributed by atoms with E-state index in [1.807, 2.05) is 6.92 Å². The minimum atomic E-state index is -0.474. The van der Waals surface area contributed by atoms with E-state index < -0.39 is 12.0 Å². The van der Waals surface area contributed by atoms with Gasteiger partial charge in [0.15, 0.2) is 5.78 Å². The summed E-state index contributed by atoms with van der Waals surface area (Å²) >= 11 is 0. The molecule has 0 saturated heterocycles. The van der Waals surface area contributed by atoms with Gasteiger partial charge in [0.05, 0.1) is 12.7 Å². The van der Waals surface area contributed by atoms with Crippen LogP contribution in [-0.4, -0.2) is 24.9 Å². The highest BCUT2D eigenvalue weighted by atomic mass is 16.5. The molecule has 0 atom stereocenters. The molecular formula is C18H18N2O4. The van der Waals surface area contributed by atoms with Crippen LogP contribution in [0.2, 0.25) is 0 Å². The Morgan fingerprint density at radius 3 is 2.12 bits per heavy atom. The van der Waals surface area contributed by atoms with Crippen molar-refractivity contribution >= 4 is 29.2 Å². The van der Waals surface area contributed by atoms with Gasteiger partial charge in [-0.3, -0.25) is 4.79 Å². The van der Waals surface area contributed by atoms with Crippen molar-refractivity contribution in [1.29, 1.82) is 0 Å². The summed E-state index contributed by atoms with van der Waals surface area (Å²) < 4.78 is 4.67. The molecule has 0 fully saturated rings. The third-order valence-electron chi connectivity index (χ3n) is 3.46. The van der Waals surface area contributed by atoms with E-state index >= 15 is 0 Å². The molecule has 24 heavy (non-hydrogen) atoms. The summed E-state index contributed by atoms with van der Waals surface area (Å²) in [5.74, 6) is -0.514. The fraction of sp³-hybridized carbons (Fsp3) is 0.167. The Morgan fingerprint density at radius 2 is 1.54 bits per heavy atom. The summed E-state index contributed by atoms with van der Waals surface area (Å²) in [4.78, 5) is 34.9. The molecular weight excluding hydrogens is 308 g/mol. The number of carbonyl (C=O) groups excluding carboxylic acids is 3. The van der Waals surface area contributed by atoms with Crippen molar-refractivity contribution in [3.8, 4) is 0 Å². The third-order valence-corrected chi connectivity index (χ3v) is 3.46. The zero-order chi connectivity index (χ0) is 17.7. The Morgan fingerprint density at radius 1 is 0.917 bits per heavy atom. The van der Waals surface area contributed by atoms with Crippen molar-refractivity contribution in [3.63, 3.8) is 0 Å². The number of nitrogens with one attached hydrogen (secondary N) is 2. The van der Waals surface area contributed by atoms with Gasteiger partial charge >= 0.3 is 12.0 Å². The minimum absolute atomic E-state index is 0.0405. The largest absolute Gasteiger partial charge is 0.465 e. The van der Waals surface area contributed by atoms with E-state index in [0.29, 0.717) is 22.5 Å². The van der Waals surface area contributed by atoms with Crippen LogP contribution >= 0.6 is 0 Å². The van der Waals surface area contributed by atoms with Crippen LogP contribution < -0.4 is 10.6 Å². The van der Waals surface area contributed by atoms with Crippen molar-refractivity contribution in [2.45, 2.75) is 13.8 Å². The average molecular weight is 326 g/mol. The molecule has 2 aromatic rings. The molecule has 6 heteroatoms. The third kappa shape index (κ3) is 4.19. The summed E-state index contributed by atoms with van der Waals surface area (Å²) in [6.07, 6.45) is 0. The predicted molar refractivity (Wildman–Crippen MR) is 91.6 cm³/mol. The summed E-state index contributed by atoms with van der Waals surface area (Å²) in [6, 6.07) is 11.0. The second kappa shape index (κ2) is 7.41. The Hall–Kier alpha value is -3.15. The normalized spacial score (nSPS) is 9.96. The number of methoxy groups -OCH3 is 1.